The number of hydrogen-bond acceptors (Lipinski definition) is 5. The van der Waals surface area contributed by atoms with Crippen molar-refractivity contribution in [3.05, 3.63) is 83.4 Å². The number of carbonyl (C=O) groups excluding carboxylic acids is 1. The number of sulfonamides is 1. The van der Waals surface area contributed by atoms with Gasteiger partial charge in [-0.15, -0.1) is 0 Å². The number of rotatable bonds is 8. The molecule has 37 heavy (non-hydrogen) atoms. The van der Waals surface area contributed by atoms with E-state index in [2.05, 4.69) is 32.1 Å². The number of urea groups is 1. The van der Waals surface area contributed by atoms with Crippen LogP contribution in [0.2, 0.25) is 5.02 Å². The highest BCUT2D eigenvalue weighted by Gasteiger charge is 2.27. The molecule has 1 aliphatic heterocycles. The highest BCUT2D eigenvalue weighted by atomic mass is 35.5. The first kappa shape index (κ1) is 26.9. The van der Waals surface area contributed by atoms with E-state index in [4.69, 9.17) is 11.6 Å². The van der Waals surface area contributed by atoms with Crippen molar-refractivity contribution >= 4 is 44.7 Å². The Morgan fingerprint density at radius 3 is 2.19 bits per heavy atom. The van der Waals surface area contributed by atoms with Crippen molar-refractivity contribution in [2.24, 2.45) is 0 Å². The van der Waals surface area contributed by atoms with Gasteiger partial charge in [0.25, 0.3) is 0 Å². The Balaban J connectivity index is 1.60. The SMILES string of the molecule is CCN1CCN(c2ccc(NC(=O)Nc3ccc(Cl)cc3)cc2S(=O)(=O)NC(C)c2ccccc2)CC1. The summed E-state index contributed by atoms with van der Waals surface area (Å²) in [5.74, 6) is 0. The predicted molar refractivity (Wildman–Crippen MR) is 150 cm³/mol. The van der Waals surface area contributed by atoms with E-state index in [9.17, 15) is 13.2 Å². The summed E-state index contributed by atoms with van der Waals surface area (Å²) in [6, 6.07) is 20.2. The third-order valence-corrected chi connectivity index (χ3v) is 8.22. The molecule has 10 heteroatoms. The lowest BCUT2D eigenvalue weighted by molar-refractivity contribution is 0.262. The lowest BCUT2D eigenvalue weighted by Crippen LogP contribution is -2.46. The number of halogens is 1. The van der Waals surface area contributed by atoms with Crippen LogP contribution in [0.5, 0.6) is 0 Å². The summed E-state index contributed by atoms with van der Waals surface area (Å²) in [4.78, 5) is 17.2. The molecule has 1 unspecified atom stereocenters. The Kier molecular flexibility index (Phi) is 8.71. The fourth-order valence-corrected chi connectivity index (χ4v) is 5.92. The van der Waals surface area contributed by atoms with Gasteiger partial charge in [0.2, 0.25) is 10.0 Å². The summed E-state index contributed by atoms with van der Waals surface area (Å²) < 4.78 is 30.2. The van der Waals surface area contributed by atoms with Crippen LogP contribution in [-0.4, -0.2) is 52.1 Å². The minimum Gasteiger partial charge on any atom is -0.368 e. The molecule has 196 valence electrons. The highest BCUT2D eigenvalue weighted by Crippen LogP contribution is 2.31. The molecule has 0 bridgehead atoms. The molecule has 1 fully saturated rings. The second-order valence-corrected chi connectivity index (χ2v) is 11.1. The number of hydrogen-bond donors (Lipinski definition) is 3. The Morgan fingerprint density at radius 1 is 0.919 bits per heavy atom. The van der Waals surface area contributed by atoms with Crippen LogP contribution in [0.25, 0.3) is 0 Å². The number of nitrogens with one attached hydrogen (secondary N) is 3. The molecule has 1 atom stereocenters. The molecule has 0 saturated carbocycles. The van der Waals surface area contributed by atoms with E-state index >= 15 is 0 Å². The Labute approximate surface area is 223 Å². The van der Waals surface area contributed by atoms with Crippen LogP contribution in [0.15, 0.2) is 77.7 Å². The minimum absolute atomic E-state index is 0.129. The topological polar surface area (TPSA) is 93.8 Å². The van der Waals surface area contributed by atoms with E-state index in [1.54, 1.807) is 36.4 Å². The van der Waals surface area contributed by atoms with Gasteiger partial charge in [0.15, 0.2) is 0 Å². The molecular formula is C27H32ClN5O3S. The van der Waals surface area contributed by atoms with Crippen molar-refractivity contribution in [2.45, 2.75) is 24.8 Å². The largest absolute Gasteiger partial charge is 0.368 e. The number of piperazine rings is 1. The van der Waals surface area contributed by atoms with Gasteiger partial charge in [-0.1, -0.05) is 48.9 Å². The summed E-state index contributed by atoms with van der Waals surface area (Å²) in [5.41, 5.74) is 2.42. The van der Waals surface area contributed by atoms with Crippen LogP contribution < -0.4 is 20.3 Å². The molecule has 1 aliphatic rings. The maximum atomic E-state index is 13.7. The summed E-state index contributed by atoms with van der Waals surface area (Å²) in [5, 5.41) is 6.04. The zero-order valence-corrected chi connectivity index (χ0v) is 22.5. The molecule has 3 N–H and O–H groups in total. The number of nitrogens with zero attached hydrogens (tertiary/aromatic N) is 2. The van der Waals surface area contributed by atoms with E-state index in [1.807, 2.05) is 37.3 Å². The Morgan fingerprint density at radius 2 is 1.54 bits per heavy atom. The summed E-state index contributed by atoms with van der Waals surface area (Å²) in [7, 11) is -3.92. The fraction of sp³-hybridized carbons (Fsp3) is 0.296. The molecular weight excluding hydrogens is 510 g/mol. The molecule has 0 spiro atoms. The van der Waals surface area contributed by atoms with Crippen LogP contribution in [-0.2, 0) is 10.0 Å². The third-order valence-electron chi connectivity index (χ3n) is 6.40. The van der Waals surface area contributed by atoms with Gasteiger partial charge < -0.3 is 20.4 Å². The van der Waals surface area contributed by atoms with Crippen molar-refractivity contribution in [3.8, 4) is 0 Å². The van der Waals surface area contributed by atoms with Crippen molar-refractivity contribution in [1.29, 1.82) is 0 Å². The number of amides is 2. The first-order valence-corrected chi connectivity index (χ1v) is 14.1. The lowest BCUT2D eigenvalue weighted by Gasteiger charge is -2.36. The average Bonchev–Trinajstić information content (AvgIpc) is 2.90. The standard InChI is InChI=1S/C27H32ClN5O3S/c1-3-32-15-17-33(18-16-32)25-14-13-24(30-27(34)29-23-11-9-22(28)10-12-23)19-26(25)37(35,36)31-20(2)21-7-5-4-6-8-21/h4-14,19-20,31H,3,15-18H2,1-2H3,(H2,29,30,34). The van der Waals surface area contributed by atoms with Crippen LogP contribution in [0.4, 0.5) is 21.9 Å². The molecule has 1 heterocycles. The van der Waals surface area contributed by atoms with Crippen molar-refractivity contribution in [1.82, 2.24) is 9.62 Å². The maximum Gasteiger partial charge on any atom is 0.323 e. The van der Waals surface area contributed by atoms with Crippen LogP contribution >= 0.6 is 11.6 Å². The summed E-state index contributed by atoms with van der Waals surface area (Å²) in [6.07, 6.45) is 0. The summed E-state index contributed by atoms with van der Waals surface area (Å²) >= 11 is 5.91. The molecule has 8 nitrogen and oxygen atoms in total. The average molecular weight is 542 g/mol. The predicted octanol–water partition coefficient (Wildman–Crippen LogP) is 5.17. The van der Waals surface area contributed by atoms with Crippen molar-refractivity contribution in [2.75, 3.05) is 48.3 Å². The summed E-state index contributed by atoms with van der Waals surface area (Å²) in [6.45, 7) is 8.04. The van der Waals surface area contributed by atoms with Crippen LogP contribution in [0, 0.1) is 0 Å². The lowest BCUT2D eigenvalue weighted by atomic mass is 10.1. The van der Waals surface area contributed by atoms with Gasteiger partial charge in [-0.3, -0.25) is 0 Å². The molecule has 1 saturated heterocycles. The second kappa shape index (κ2) is 12.0. The quantitative estimate of drug-likeness (QED) is 0.366. The zero-order valence-electron chi connectivity index (χ0n) is 20.9. The smallest absolute Gasteiger partial charge is 0.323 e. The fourth-order valence-electron chi connectivity index (χ4n) is 4.31. The number of likely N-dealkylation sites (N-methyl/N-ethyl adjacent to an activating group) is 1. The number of benzene rings is 3. The highest BCUT2D eigenvalue weighted by molar-refractivity contribution is 7.89. The molecule has 4 rings (SSSR count). The molecule has 3 aromatic carbocycles. The zero-order chi connectivity index (χ0) is 26.4. The molecule has 0 radical (unpaired) electrons. The molecule has 0 aromatic heterocycles. The molecule has 2 amide bonds. The van der Waals surface area contributed by atoms with Gasteiger partial charge in [0.1, 0.15) is 4.90 Å². The van der Waals surface area contributed by atoms with E-state index in [-0.39, 0.29) is 4.90 Å². The molecule has 3 aromatic rings. The van der Waals surface area contributed by atoms with E-state index in [0.29, 0.717) is 35.2 Å². The number of anilines is 3. The minimum atomic E-state index is -3.92. The Bertz CT molecular complexity index is 1310. The van der Waals surface area contributed by atoms with Gasteiger partial charge >= 0.3 is 6.03 Å². The number of carbonyl (C=O) groups is 1. The van der Waals surface area contributed by atoms with Gasteiger partial charge in [0, 0.05) is 48.6 Å². The first-order valence-electron chi connectivity index (χ1n) is 12.3. The van der Waals surface area contributed by atoms with Crippen LogP contribution in [0.3, 0.4) is 0 Å². The molecule has 0 aliphatic carbocycles. The monoisotopic (exact) mass is 541 g/mol. The van der Waals surface area contributed by atoms with Crippen molar-refractivity contribution in [3.63, 3.8) is 0 Å². The van der Waals surface area contributed by atoms with Gasteiger partial charge in [0.05, 0.1) is 5.69 Å². The van der Waals surface area contributed by atoms with E-state index in [1.165, 1.54) is 6.07 Å². The Hall–Kier alpha value is -3.11. The van der Waals surface area contributed by atoms with Gasteiger partial charge in [-0.05, 0) is 61.5 Å². The van der Waals surface area contributed by atoms with Crippen molar-refractivity contribution < 1.29 is 13.2 Å². The second-order valence-electron chi connectivity index (χ2n) is 8.94. The normalized spacial score (nSPS) is 15.3. The van der Waals surface area contributed by atoms with Crippen LogP contribution in [0.1, 0.15) is 25.5 Å². The van der Waals surface area contributed by atoms with Gasteiger partial charge in [-0.25, -0.2) is 17.9 Å². The first-order chi connectivity index (χ1) is 17.7. The van der Waals surface area contributed by atoms with E-state index < -0.39 is 22.1 Å². The van der Waals surface area contributed by atoms with E-state index in [0.717, 1.165) is 25.2 Å². The van der Waals surface area contributed by atoms with Gasteiger partial charge in [-0.2, -0.15) is 0 Å². The maximum absolute atomic E-state index is 13.7. The third kappa shape index (κ3) is 7.01.